The number of nitrogens with one attached hydrogen (secondary N) is 1. The summed E-state index contributed by atoms with van der Waals surface area (Å²) in [5.41, 5.74) is 7.16. The predicted molar refractivity (Wildman–Crippen MR) is 142 cm³/mol. The number of alkyl halides is 1. The number of thioether (sulfide) groups is 1. The van der Waals surface area contributed by atoms with Gasteiger partial charge in [-0.15, -0.1) is 11.8 Å². The number of aliphatic carboxylic acids is 1. The molecular weight excluding hydrogens is 565 g/mol. The molecule has 0 radical (unpaired) electrons. The Morgan fingerprint density at radius 1 is 1.43 bits per heavy atom. The number of rotatable bonds is 11. The van der Waals surface area contributed by atoms with E-state index in [-0.39, 0.29) is 23.2 Å². The molecule has 0 bridgehead atoms. The normalized spacial score (nSPS) is 19.0. The molecule has 0 spiro atoms. The topological polar surface area (TPSA) is 182 Å². The zero-order valence-corrected chi connectivity index (χ0v) is 22.8. The summed E-state index contributed by atoms with van der Waals surface area (Å²) < 4.78 is 20.4. The van der Waals surface area contributed by atoms with Crippen LogP contribution in [0.15, 0.2) is 41.1 Å². The maximum atomic E-state index is 13.1. The second-order valence-electron chi connectivity index (χ2n) is 8.89. The number of unbranched alkanes of at least 4 members (excludes halogenated alkanes) is 1. The number of nitrogen functional groups attached to an aromatic ring is 1. The maximum Gasteiger partial charge on any atom is 0.352 e. The zero-order chi connectivity index (χ0) is 28.4. The summed E-state index contributed by atoms with van der Waals surface area (Å²) in [6.07, 6.45) is 5.64. The minimum Gasteiger partial charge on any atom is -0.477 e. The van der Waals surface area contributed by atoms with Crippen LogP contribution in [0.25, 0.3) is 11.2 Å². The summed E-state index contributed by atoms with van der Waals surface area (Å²) in [4.78, 5) is 52.3. The molecule has 2 aliphatic heterocycles. The van der Waals surface area contributed by atoms with Crippen LogP contribution in [0.2, 0.25) is 0 Å². The summed E-state index contributed by atoms with van der Waals surface area (Å²) >= 11 is 2.12. The van der Waals surface area contributed by atoms with Crippen molar-refractivity contribution in [1.82, 2.24) is 29.1 Å². The first kappa shape index (κ1) is 27.4. The number of imidazole rings is 1. The van der Waals surface area contributed by atoms with Gasteiger partial charge in [0.05, 0.1) is 6.20 Å². The molecular formula is C23H25FN9O5S2+. The Morgan fingerprint density at radius 3 is 2.95 bits per heavy atom. The molecule has 1 saturated heterocycles. The Bertz CT molecular complexity index is 1540. The van der Waals surface area contributed by atoms with Crippen molar-refractivity contribution in [2.24, 2.45) is 5.16 Å². The monoisotopic (exact) mass is 590 g/mol. The van der Waals surface area contributed by atoms with Crippen molar-refractivity contribution in [3.63, 3.8) is 0 Å². The fraction of sp³-hybridized carbons (Fsp3) is 0.391. The number of fused-ring (bicyclic) bond motifs is 2. The van der Waals surface area contributed by atoms with Gasteiger partial charge in [0.1, 0.15) is 29.2 Å². The van der Waals surface area contributed by atoms with Crippen molar-refractivity contribution in [3.05, 3.63) is 41.8 Å². The standard InChI is InChI=1S/C23H24FN9O5S2/c1-2-3-6-32-11-26-18-13(32)5-4-7-31(18)8-12-9-39-21-15(20(35)33(21)16(12)22(36)37)27-19(34)14(29-38-10-24)17-28-23(25)40-30-17/h4-5,7,11,15,21H,2-3,6,8-10H2,1H3,(H3-,25,27,28,30,34,36,37)/p+1/b29-14-. The quantitative estimate of drug-likeness (QED) is 0.124. The van der Waals surface area contributed by atoms with E-state index in [9.17, 15) is 23.9 Å². The first-order valence-electron chi connectivity index (χ1n) is 12.2. The van der Waals surface area contributed by atoms with Crippen LogP contribution < -0.4 is 15.6 Å². The summed E-state index contributed by atoms with van der Waals surface area (Å²) in [5.74, 6) is -2.63. The first-order chi connectivity index (χ1) is 19.3. The molecule has 2 atom stereocenters. The Kier molecular flexibility index (Phi) is 7.92. The van der Waals surface area contributed by atoms with Crippen molar-refractivity contribution in [2.45, 2.75) is 44.3 Å². The summed E-state index contributed by atoms with van der Waals surface area (Å²) in [5, 5.41) is 15.4. The van der Waals surface area contributed by atoms with Gasteiger partial charge in [-0.25, -0.2) is 13.8 Å². The minimum atomic E-state index is -1.30. The van der Waals surface area contributed by atoms with Crippen LogP contribution in [-0.2, 0) is 32.3 Å². The third kappa shape index (κ3) is 5.08. The first-order valence-corrected chi connectivity index (χ1v) is 14.1. The van der Waals surface area contributed by atoms with E-state index in [4.69, 9.17) is 5.73 Å². The van der Waals surface area contributed by atoms with Gasteiger partial charge in [0.15, 0.2) is 5.13 Å². The van der Waals surface area contributed by atoms with Crippen molar-refractivity contribution in [1.29, 1.82) is 0 Å². The van der Waals surface area contributed by atoms with Gasteiger partial charge in [0.2, 0.25) is 17.9 Å². The van der Waals surface area contributed by atoms with Gasteiger partial charge in [-0.2, -0.15) is 9.36 Å². The fourth-order valence-electron chi connectivity index (χ4n) is 4.54. The number of halogens is 1. The molecule has 0 saturated carbocycles. The van der Waals surface area contributed by atoms with E-state index in [1.54, 1.807) is 6.33 Å². The molecule has 2 unspecified atom stereocenters. The van der Waals surface area contributed by atoms with E-state index in [0.717, 1.165) is 36.4 Å². The van der Waals surface area contributed by atoms with Gasteiger partial charge >= 0.3 is 11.6 Å². The average molecular weight is 591 g/mol. The average Bonchev–Trinajstić information content (AvgIpc) is 3.56. The molecule has 4 N–H and O–H groups in total. The molecule has 0 aliphatic carbocycles. The van der Waals surface area contributed by atoms with Crippen molar-refractivity contribution >= 4 is 63.1 Å². The van der Waals surface area contributed by atoms with Gasteiger partial charge in [-0.05, 0) is 23.5 Å². The van der Waals surface area contributed by atoms with Crippen molar-refractivity contribution in [3.8, 4) is 0 Å². The number of aromatic nitrogens is 5. The molecule has 2 aliphatic rings. The number of hydrogen-bond donors (Lipinski definition) is 3. The highest BCUT2D eigenvalue weighted by atomic mass is 32.2. The molecule has 5 rings (SSSR count). The number of nitrogens with two attached hydrogens (primary N) is 1. The number of carbonyl (C=O) groups is 3. The minimum absolute atomic E-state index is 0.0505. The number of aryl methyl sites for hydroxylation is 1. The van der Waals surface area contributed by atoms with Crippen LogP contribution in [0.5, 0.6) is 0 Å². The number of carboxylic acid groups (broad SMARTS) is 1. The molecule has 3 aromatic rings. The largest absolute Gasteiger partial charge is 0.477 e. The van der Waals surface area contributed by atoms with E-state index in [1.807, 2.05) is 22.9 Å². The number of amides is 2. The van der Waals surface area contributed by atoms with Crippen LogP contribution in [0.4, 0.5) is 9.52 Å². The van der Waals surface area contributed by atoms with Crippen LogP contribution in [0, 0.1) is 0 Å². The molecule has 210 valence electrons. The molecule has 40 heavy (non-hydrogen) atoms. The SMILES string of the molecule is CCCCn1cnc2c1ccc[n+]2CC1=C(C(=O)O)N2C(=O)C(NC(=O)/C(=N\OCF)c3nsc(N)n3)C2SC1. The van der Waals surface area contributed by atoms with Gasteiger partial charge in [0, 0.05) is 29.4 Å². The van der Waals surface area contributed by atoms with Crippen molar-refractivity contribution < 1.29 is 33.3 Å². The Hall–Kier alpha value is -4.12. The number of β-lactam (4-membered cyclic amide) rings is 1. The van der Waals surface area contributed by atoms with Crippen LogP contribution >= 0.6 is 23.3 Å². The van der Waals surface area contributed by atoms with E-state index in [0.29, 0.717) is 17.0 Å². The van der Waals surface area contributed by atoms with E-state index in [2.05, 4.69) is 41.1 Å². The number of oxime groups is 1. The Balaban J connectivity index is 1.36. The lowest BCUT2D eigenvalue weighted by Gasteiger charge is -2.49. The Labute approximate surface area is 234 Å². The highest BCUT2D eigenvalue weighted by Crippen LogP contribution is 2.40. The van der Waals surface area contributed by atoms with E-state index in [1.165, 1.54) is 16.7 Å². The summed E-state index contributed by atoms with van der Waals surface area (Å²) in [7, 11) is 0. The van der Waals surface area contributed by atoms with Crippen LogP contribution in [-0.4, -0.2) is 76.4 Å². The number of pyridine rings is 1. The van der Waals surface area contributed by atoms with Crippen molar-refractivity contribution in [2.75, 3.05) is 18.3 Å². The smallest absolute Gasteiger partial charge is 0.352 e. The number of carbonyl (C=O) groups excluding carboxylic acids is 2. The molecule has 2 amide bonds. The highest BCUT2D eigenvalue weighted by molar-refractivity contribution is 8.00. The molecule has 1 fully saturated rings. The fourth-order valence-corrected chi connectivity index (χ4v) is 6.31. The lowest BCUT2D eigenvalue weighted by Crippen LogP contribution is -2.71. The lowest BCUT2D eigenvalue weighted by atomic mass is 10.0. The second-order valence-corrected chi connectivity index (χ2v) is 10.8. The van der Waals surface area contributed by atoms with Gasteiger partial charge in [-0.3, -0.25) is 14.5 Å². The van der Waals surface area contributed by atoms with E-state index < -0.39 is 41.8 Å². The number of nitrogens with zero attached hydrogens (tertiary/aromatic N) is 7. The Morgan fingerprint density at radius 2 is 2.25 bits per heavy atom. The molecule has 14 nitrogen and oxygen atoms in total. The molecule has 17 heteroatoms. The third-order valence-corrected chi connectivity index (χ3v) is 8.26. The second kappa shape index (κ2) is 11.5. The van der Waals surface area contributed by atoms with Crippen LogP contribution in [0.1, 0.15) is 25.6 Å². The summed E-state index contributed by atoms with van der Waals surface area (Å²) in [6.45, 7) is 1.86. The van der Waals surface area contributed by atoms with Gasteiger partial charge in [0.25, 0.3) is 18.7 Å². The number of carboxylic acids is 1. The molecule has 3 aromatic heterocycles. The molecule has 0 aromatic carbocycles. The highest BCUT2D eigenvalue weighted by Gasteiger charge is 2.54. The zero-order valence-electron chi connectivity index (χ0n) is 21.2. The summed E-state index contributed by atoms with van der Waals surface area (Å²) in [6, 6.07) is 2.79. The van der Waals surface area contributed by atoms with E-state index >= 15 is 0 Å². The maximum absolute atomic E-state index is 13.1. The predicted octanol–water partition coefficient (Wildman–Crippen LogP) is 0.644. The molecule has 5 heterocycles. The number of hydrogen-bond acceptors (Lipinski definition) is 11. The number of anilines is 1. The lowest BCUT2D eigenvalue weighted by molar-refractivity contribution is -0.664. The van der Waals surface area contributed by atoms with Crippen LogP contribution in [0.3, 0.4) is 0 Å². The van der Waals surface area contributed by atoms with Gasteiger partial charge in [-0.1, -0.05) is 18.5 Å². The van der Waals surface area contributed by atoms with Gasteiger partial charge < -0.3 is 25.6 Å². The third-order valence-electron chi connectivity index (χ3n) is 6.37.